The van der Waals surface area contributed by atoms with E-state index in [9.17, 15) is 9.59 Å². The van der Waals surface area contributed by atoms with E-state index in [0.717, 1.165) is 12.0 Å². The van der Waals surface area contributed by atoms with Crippen LogP contribution in [-0.4, -0.2) is 37.2 Å². The summed E-state index contributed by atoms with van der Waals surface area (Å²) in [5, 5.41) is 8.33. The number of benzene rings is 1. The van der Waals surface area contributed by atoms with Gasteiger partial charge in [-0.15, -0.1) is 0 Å². The lowest BCUT2D eigenvalue weighted by molar-refractivity contribution is -0.123. The van der Waals surface area contributed by atoms with Crippen molar-refractivity contribution in [2.45, 2.75) is 52.2 Å². The van der Waals surface area contributed by atoms with Crippen LogP contribution >= 0.6 is 0 Å². The second kappa shape index (κ2) is 8.60. The van der Waals surface area contributed by atoms with Crippen molar-refractivity contribution in [1.29, 1.82) is 0 Å². The van der Waals surface area contributed by atoms with Gasteiger partial charge in [0.1, 0.15) is 19.3 Å². The summed E-state index contributed by atoms with van der Waals surface area (Å²) in [7, 11) is 0. The molecule has 3 N–H and O–H groups in total. The van der Waals surface area contributed by atoms with E-state index in [4.69, 9.17) is 9.47 Å². The molecule has 1 aromatic rings. The average molecular weight is 349 g/mol. The Balaban J connectivity index is 1.88. The molecule has 138 valence electrons. The molecule has 0 aliphatic carbocycles. The molecule has 1 heterocycles. The van der Waals surface area contributed by atoms with Crippen molar-refractivity contribution >= 4 is 11.9 Å². The number of carbonyl (C=O) groups excluding carboxylic acids is 2. The van der Waals surface area contributed by atoms with Gasteiger partial charge in [0.2, 0.25) is 5.91 Å². The van der Waals surface area contributed by atoms with Gasteiger partial charge in [0.05, 0.1) is 6.04 Å². The van der Waals surface area contributed by atoms with Crippen LogP contribution in [-0.2, 0) is 4.79 Å². The summed E-state index contributed by atoms with van der Waals surface area (Å²) >= 11 is 0. The minimum Gasteiger partial charge on any atom is -0.486 e. The Hall–Kier alpha value is -2.44. The molecule has 0 saturated carbocycles. The molecule has 0 fully saturated rings. The number of nitrogens with one attached hydrogen (secondary N) is 3. The maximum atomic E-state index is 12.1. The van der Waals surface area contributed by atoms with Crippen LogP contribution in [0.15, 0.2) is 18.2 Å². The maximum Gasteiger partial charge on any atom is 0.315 e. The molecule has 0 aromatic heterocycles. The predicted molar refractivity (Wildman–Crippen MR) is 94.9 cm³/mol. The molecule has 1 aliphatic heterocycles. The fourth-order valence-electron chi connectivity index (χ4n) is 2.38. The topological polar surface area (TPSA) is 88.7 Å². The Bertz CT molecular complexity index is 620. The smallest absolute Gasteiger partial charge is 0.315 e. The number of amides is 3. The van der Waals surface area contributed by atoms with Crippen LogP contribution in [0.1, 0.15) is 45.7 Å². The lowest BCUT2D eigenvalue weighted by Crippen LogP contribution is -2.50. The van der Waals surface area contributed by atoms with Crippen molar-refractivity contribution in [3.63, 3.8) is 0 Å². The minimum atomic E-state index is -0.610. The largest absolute Gasteiger partial charge is 0.486 e. The highest BCUT2D eigenvalue weighted by Gasteiger charge is 2.19. The Kier molecular flexibility index (Phi) is 6.50. The number of carbonyl (C=O) groups is 2. The lowest BCUT2D eigenvalue weighted by atomic mass is 10.1. The zero-order chi connectivity index (χ0) is 18.4. The molecule has 25 heavy (non-hydrogen) atoms. The number of hydrogen-bond donors (Lipinski definition) is 3. The summed E-state index contributed by atoms with van der Waals surface area (Å²) in [5.74, 6) is 1.19. The van der Waals surface area contributed by atoms with Crippen molar-refractivity contribution in [3.8, 4) is 11.5 Å². The van der Waals surface area contributed by atoms with Crippen LogP contribution in [0.25, 0.3) is 0 Å². The van der Waals surface area contributed by atoms with E-state index in [-0.39, 0.29) is 18.0 Å². The third-order valence-corrected chi connectivity index (χ3v) is 4.16. The van der Waals surface area contributed by atoms with Crippen molar-refractivity contribution in [2.75, 3.05) is 13.2 Å². The molecular weight excluding hydrogens is 322 g/mol. The van der Waals surface area contributed by atoms with Gasteiger partial charge in [0.15, 0.2) is 11.5 Å². The van der Waals surface area contributed by atoms with Gasteiger partial charge in [-0.2, -0.15) is 0 Å². The molecule has 2 rings (SSSR count). The van der Waals surface area contributed by atoms with Crippen LogP contribution < -0.4 is 25.4 Å². The van der Waals surface area contributed by atoms with E-state index in [2.05, 4.69) is 16.0 Å². The van der Waals surface area contributed by atoms with E-state index < -0.39 is 12.1 Å². The van der Waals surface area contributed by atoms with Crippen molar-refractivity contribution in [2.24, 2.45) is 0 Å². The fourth-order valence-corrected chi connectivity index (χ4v) is 2.38. The molecule has 0 radical (unpaired) electrons. The Morgan fingerprint density at radius 1 is 1.04 bits per heavy atom. The quantitative estimate of drug-likeness (QED) is 0.734. The molecule has 1 aliphatic rings. The van der Waals surface area contributed by atoms with Crippen molar-refractivity contribution < 1.29 is 19.1 Å². The van der Waals surface area contributed by atoms with Gasteiger partial charge < -0.3 is 25.4 Å². The normalized spacial score (nSPS) is 16.3. The van der Waals surface area contributed by atoms with Crippen LogP contribution in [0.2, 0.25) is 0 Å². The van der Waals surface area contributed by atoms with Crippen molar-refractivity contribution in [1.82, 2.24) is 16.0 Å². The van der Waals surface area contributed by atoms with Crippen LogP contribution in [0.5, 0.6) is 11.5 Å². The fraction of sp³-hybridized carbons (Fsp3) is 0.556. The summed E-state index contributed by atoms with van der Waals surface area (Å²) in [6.07, 6.45) is 0.839. The average Bonchev–Trinajstić information content (AvgIpc) is 2.60. The van der Waals surface area contributed by atoms with Gasteiger partial charge in [0, 0.05) is 6.04 Å². The van der Waals surface area contributed by atoms with Crippen LogP contribution in [0, 0.1) is 0 Å². The molecule has 0 spiro atoms. The Morgan fingerprint density at radius 3 is 2.40 bits per heavy atom. The standard InChI is InChI=1S/C18H27N3O4/c1-5-11(2)19-17(22)13(4)21-18(23)20-12(3)14-6-7-15-16(10-14)25-9-8-24-15/h6-7,10-13H,5,8-9H2,1-4H3,(H,19,22)(H2,20,21,23). The Morgan fingerprint density at radius 2 is 1.72 bits per heavy atom. The summed E-state index contributed by atoms with van der Waals surface area (Å²) in [6.45, 7) is 8.50. The van der Waals surface area contributed by atoms with Gasteiger partial charge in [-0.1, -0.05) is 13.0 Å². The number of ether oxygens (including phenoxy) is 2. The predicted octanol–water partition coefficient (Wildman–Crippen LogP) is 2.12. The van der Waals surface area contributed by atoms with Crippen LogP contribution in [0.3, 0.4) is 0 Å². The molecule has 7 heteroatoms. The monoisotopic (exact) mass is 349 g/mol. The molecule has 1 aromatic carbocycles. The van der Waals surface area contributed by atoms with E-state index >= 15 is 0 Å². The molecular formula is C18H27N3O4. The highest BCUT2D eigenvalue weighted by atomic mass is 16.6. The summed E-state index contributed by atoms with van der Waals surface area (Å²) in [4.78, 5) is 24.1. The zero-order valence-corrected chi connectivity index (χ0v) is 15.2. The van der Waals surface area contributed by atoms with Gasteiger partial charge in [-0.05, 0) is 44.9 Å². The first-order valence-corrected chi connectivity index (χ1v) is 8.67. The SMILES string of the molecule is CCC(C)NC(=O)C(C)NC(=O)NC(C)c1ccc2c(c1)OCCO2. The second-order valence-electron chi connectivity index (χ2n) is 6.28. The molecule has 3 atom stereocenters. The van der Waals surface area contributed by atoms with E-state index in [1.165, 1.54) is 0 Å². The number of fused-ring (bicyclic) bond motifs is 1. The van der Waals surface area contributed by atoms with E-state index in [0.29, 0.717) is 24.7 Å². The highest BCUT2D eigenvalue weighted by molar-refractivity contribution is 5.86. The maximum absolute atomic E-state index is 12.1. The third-order valence-electron chi connectivity index (χ3n) is 4.16. The first-order valence-electron chi connectivity index (χ1n) is 8.67. The van der Waals surface area contributed by atoms with E-state index in [1.807, 2.05) is 39.0 Å². The minimum absolute atomic E-state index is 0.0800. The van der Waals surface area contributed by atoms with Gasteiger partial charge in [0.25, 0.3) is 0 Å². The van der Waals surface area contributed by atoms with Crippen molar-refractivity contribution in [3.05, 3.63) is 23.8 Å². The summed E-state index contributed by atoms with van der Waals surface area (Å²) in [5.41, 5.74) is 0.899. The molecule has 7 nitrogen and oxygen atoms in total. The molecule has 0 bridgehead atoms. The summed E-state index contributed by atoms with van der Waals surface area (Å²) < 4.78 is 11.0. The molecule has 0 saturated heterocycles. The molecule has 3 unspecified atom stereocenters. The molecule has 3 amide bonds. The Labute approximate surface area is 148 Å². The number of hydrogen-bond acceptors (Lipinski definition) is 4. The highest BCUT2D eigenvalue weighted by Crippen LogP contribution is 2.32. The first kappa shape index (κ1) is 18.9. The zero-order valence-electron chi connectivity index (χ0n) is 15.2. The number of urea groups is 1. The summed E-state index contributed by atoms with van der Waals surface area (Å²) in [6, 6.07) is 4.42. The first-order chi connectivity index (χ1) is 11.9. The second-order valence-corrected chi connectivity index (χ2v) is 6.28. The van der Waals surface area contributed by atoms with E-state index in [1.54, 1.807) is 6.92 Å². The van der Waals surface area contributed by atoms with Crippen LogP contribution in [0.4, 0.5) is 4.79 Å². The van der Waals surface area contributed by atoms with Gasteiger partial charge in [-0.3, -0.25) is 4.79 Å². The lowest BCUT2D eigenvalue weighted by Gasteiger charge is -2.22. The number of rotatable bonds is 6. The third kappa shape index (κ3) is 5.27. The van der Waals surface area contributed by atoms with Gasteiger partial charge in [-0.25, -0.2) is 4.79 Å². The van der Waals surface area contributed by atoms with Gasteiger partial charge >= 0.3 is 6.03 Å².